The summed E-state index contributed by atoms with van der Waals surface area (Å²) in [5.41, 5.74) is -0.192. The fraction of sp³-hybridized carbons (Fsp3) is 0.300. The SMILES string of the molecule is COC(=O)c1cnc(Cl)c(C(O)C(O)C(=O)O)c1. The fourth-order valence-corrected chi connectivity index (χ4v) is 1.42. The van der Waals surface area contributed by atoms with Gasteiger partial charge in [-0.3, -0.25) is 0 Å². The van der Waals surface area contributed by atoms with E-state index in [1.54, 1.807) is 0 Å². The number of pyridine rings is 1. The Labute approximate surface area is 107 Å². The Kier molecular flexibility index (Phi) is 4.60. The van der Waals surface area contributed by atoms with Crippen LogP contribution in [-0.4, -0.2) is 45.5 Å². The molecule has 2 atom stereocenters. The molecule has 8 heteroatoms. The highest BCUT2D eigenvalue weighted by Gasteiger charge is 2.28. The van der Waals surface area contributed by atoms with E-state index < -0.39 is 24.1 Å². The van der Waals surface area contributed by atoms with Crippen LogP contribution in [0.1, 0.15) is 22.0 Å². The Morgan fingerprint density at radius 1 is 1.44 bits per heavy atom. The number of carboxylic acid groups (broad SMARTS) is 1. The first-order chi connectivity index (χ1) is 8.38. The van der Waals surface area contributed by atoms with Gasteiger partial charge in [0.1, 0.15) is 11.3 Å². The Hall–Kier alpha value is -1.70. The second-order valence-electron chi connectivity index (χ2n) is 3.32. The first kappa shape index (κ1) is 14.4. The third kappa shape index (κ3) is 2.95. The minimum atomic E-state index is -2.07. The van der Waals surface area contributed by atoms with E-state index in [2.05, 4.69) is 9.72 Å². The van der Waals surface area contributed by atoms with Gasteiger partial charge < -0.3 is 20.1 Å². The molecule has 0 fully saturated rings. The first-order valence-corrected chi connectivity index (χ1v) is 5.09. The van der Waals surface area contributed by atoms with Crippen molar-refractivity contribution in [2.24, 2.45) is 0 Å². The van der Waals surface area contributed by atoms with Gasteiger partial charge in [-0.2, -0.15) is 0 Å². The molecule has 1 heterocycles. The van der Waals surface area contributed by atoms with Crippen molar-refractivity contribution in [3.8, 4) is 0 Å². The van der Waals surface area contributed by atoms with Crippen LogP contribution in [0.15, 0.2) is 12.3 Å². The van der Waals surface area contributed by atoms with Crippen LogP contribution in [0.2, 0.25) is 5.15 Å². The van der Waals surface area contributed by atoms with Crippen LogP contribution in [0.25, 0.3) is 0 Å². The number of aliphatic hydroxyl groups excluding tert-OH is 2. The second kappa shape index (κ2) is 5.76. The molecule has 0 aliphatic carbocycles. The third-order valence-electron chi connectivity index (χ3n) is 2.16. The van der Waals surface area contributed by atoms with Crippen molar-refractivity contribution in [1.82, 2.24) is 4.98 Å². The van der Waals surface area contributed by atoms with Crippen LogP contribution in [0.3, 0.4) is 0 Å². The second-order valence-corrected chi connectivity index (χ2v) is 3.68. The summed E-state index contributed by atoms with van der Waals surface area (Å²) in [6, 6.07) is 1.11. The molecule has 98 valence electrons. The lowest BCUT2D eigenvalue weighted by Crippen LogP contribution is -2.28. The van der Waals surface area contributed by atoms with Crippen molar-refractivity contribution in [2.45, 2.75) is 12.2 Å². The Balaban J connectivity index is 3.15. The summed E-state index contributed by atoms with van der Waals surface area (Å²) in [6.07, 6.45) is -2.76. The molecule has 7 nitrogen and oxygen atoms in total. The van der Waals surface area contributed by atoms with E-state index in [0.29, 0.717) is 0 Å². The third-order valence-corrected chi connectivity index (χ3v) is 2.47. The lowest BCUT2D eigenvalue weighted by Gasteiger charge is -2.15. The van der Waals surface area contributed by atoms with Crippen LogP contribution in [0.5, 0.6) is 0 Å². The number of esters is 1. The lowest BCUT2D eigenvalue weighted by molar-refractivity contribution is -0.153. The number of aliphatic hydroxyl groups is 2. The minimum absolute atomic E-state index is 0.0199. The van der Waals surface area contributed by atoms with E-state index in [9.17, 15) is 19.8 Å². The summed E-state index contributed by atoms with van der Waals surface area (Å²) in [5, 5.41) is 27.2. The number of hydrogen-bond donors (Lipinski definition) is 3. The topological polar surface area (TPSA) is 117 Å². The van der Waals surface area contributed by atoms with Crippen LogP contribution in [0, 0.1) is 0 Å². The molecular weight excluding hydrogens is 266 g/mol. The van der Waals surface area contributed by atoms with Crippen molar-refractivity contribution in [3.63, 3.8) is 0 Å². The average molecular weight is 276 g/mol. The van der Waals surface area contributed by atoms with Gasteiger partial charge in [-0.05, 0) is 6.07 Å². The van der Waals surface area contributed by atoms with Crippen molar-refractivity contribution in [2.75, 3.05) is 7.11 Å². The molecule has 0 aromatic carbocycles. The number of ether oxygens (including phenoxy) is 1. The number of halogens is 1. The standard InChI is InChI=1S/C10H10ClNO6/c1-18-10(17)4-2-5(8(11)12-3-4)6(13)7(14)9(15)16/h2-3,6-7,13-14H,1H3,(H,15,16). The molecule has 0 spiro atoms. The number of carbonyl (C=O) groups is 2. The molecule has 0 aliphatic rings. The van der Waals surface area contributed by atoms with Crippen LogP contribution >= 0.6 is 11.6 Å². The molecule has 0 bridgehead atoms. The molecule has 0 saturated carbocycles. The smallest absolute Gasteiger partial charge is 0.339 e. The summed E-state index contributed by atoms with van der Waals surface area (Å²) in [7, 11) is 1.15. The first-order valence-electron chi connectivity index (χ1n) is 4.71. The van der Waals surface area contributed by atoms with Crippen LogP contribution in [0.4, 0.5) is 0 Å². The van der Waals surface area contributed by atoms with Gasteiger partial charge in [0.2, 0.25) is 0 Å². The maximum atomic E-state index is 11.2. The molecule has 0 aliphatic heterocycles. The minimum Gasteiger partial charge on any atom is -0.479 e. The van der Waals surface area contributed by atoms with Gasteiger partial charge in [-0.1, -0.05) is 11.6 Å². The fourth-order valence-electron chi connectivity index (χ4n) is 1.21. The molecule has 3 N–H and O–H groups in total. The number of aliphatic carboxylic acids is 1. The quantitative estimate of drug-likeness (QED) is 0.523. The molecule has 0 amide bonds. The molecule has 2 unspecified atom stereocenters. The number of carbonyl (C=O) groups excluding carboxylic acids is 1. The van der Waals surface area contributed by atoms with Gasteiger partial charge in [0.25, 0.3) is 0 Å². The average Bonchev–Trinajstić information content (AvgIpc) is 2.36. The molecule has 1 rings (SSSR count). The highest BCUT2D eigenvalue weighted by atomic mass is 35.5. The van der Waals surface area contributed by atoms with Gasteiger partial charge in [-0.25, -0.2) is 14.6 Å². The normalized spacial score (nSPS) is 13.8. The van der Waals surface area contributed by atoms with Gasteiger partial charge in [0.15, 0.2) is 6.10 Å². The van der Waals surface area contributed by atoms with Crippen LogP contribution in [-0.2, 0) is 9.53 Å². The summed E-state index contributed by atoms with van der Waals surface area (Å²) in [5.74, 6) is -2.35. The van der Waals surface area contributed by atoms with E-state index in [1.807, 2.05) is 0 Å². The molecule has 1 aromatic rings. The largest absolute Gasteiger partial charge is 0.479 e. The summed E-state index contributed by atoms with van der Waals surface area (Å²) >= 11 is 5.66. The monoisotopic (exact) mass is 275 g/mol. The highest BCUT2D eigenvalue weighted by Crippen LogP contribution is 2.25. The molecule has 0 radical (unpaired) electrons. The van der Waals surface area contributed by atoms with Gasteiger partial charge in [-0.15, -0.1) is 0 Å². The molecular formula is C10H10ClNO6. The van der Waals surface area contributed by atoms with E-state index in [0.717, 1.165) is 19.4 Å². The number of rotatable bonds is 4. The van der Waals surface area contributed by atoms with Crippen molar-refractivity contribution < 1.29 is 29.6 Å². The zero-order valence-corrected chi connectivity index (χ0v) is 9.96. The maximum absolute atomic E-state index is 11.2. The number of aromatic nitrogens is 1. The van der Waals surface area contributed by atoms with E-state index in [1.165, 1.54) is 0 Å². The molecule has 0 saturated heterocycles. The zero-order chi connectivity index (χ0) is 13.9. The van der Waals surface area contributed by atoms with Gasteiger partial charge in [0, 0.05) is 11.8 Å². The maximum Gasteiger partial charge on any atom is 0.339 e. The van der Waals surface area contributed by atoms with E-state index in [4.69, 9.17) is 16.7 Å². The number of carboxylic acids is 1. The van der Waals surface area contributed by atoms with E-state index >= 15 is 0 Å². The summed E-state index contributed by atoms with van der Waals surface area (Å²) in [6.45, 7) is 0. The predicted octanol–water partition coefficient (Wildman–Crippen LogP) is 0.000500. The number of nitrogens with zero attached hydrogens (tertiary/aromatic N) is 1. The number of hydrogen-bond acceptors (Lipinski definition) is 6. The van der Waals surface area contributed by atoms with Gasteiger partial charge >= 0.3 is 11.9 Å². The Morgan fingerprint density at radius 3 is 2.56 bits per heavy atom. The van der Waals surface area contributed by atoms with Crippen molar-refractivity contribution >= 4 is 23.5 Å². The van der Waals surface area contributed by atoms with Crippen molar-refractivity contribution in [3.05, 3.63) is 28.5 Å². The number of methoxy groups -OCH3 is 1. The predicted molar refractivity (Wildman–Crippen MR) is 59.2 cm³/mol. The Morgan fingerprint density at radius 2 is 2.06 bits per heavy atom. The lowest BCUT2D eigenvalue weighted by atomic mass is 10.0. The van der Waals surface area contributed by atoms with Crippen molar-refractivity contribution in [1.29, 1.82) is 0 Å². The Bertz CT molecular complexity index is 477. The van der Waals surface area contributed by atoms with Crippen LogP contribution < -0.4 is 0 Å². The summed E-state index contributed by atoms with van der Waals surface area (Å²) < 4.78 is 4.44. The molecule has 1 aromatic heterocycles. The highest BCUT2D eigenvalue weighted by molar-refractivity contribution is 6.30. The molecule has 18 heavy (non-hydrogen) atoms. The van der Waals surface area contributed by atoms with Gasteiger partial charge in [0.05, 0.1) is 12.7 Å². The summed E-state index contributed by atoms with van der Waals surface area (Å²) in [4.78, 5) is 25.4. The van der Waals surface area contributed by atoms with E-state index in [-0.39, 0.29) is 16.3 Å². The zero-order valence-electron chi connectivity index (χ0n) is 9.20.